The topological polar surface area (TPSA) is 89.9 Å². The molecule has 0 amide bonds. The number of piperidine rings is 1. The molecule has 5 rings (SSSR count). The molecular formula is C18H19N9. The maximum absolute atomic E-state index is 4.71. The second-order valence-electron chi connectivity index (χ2n) is 6.75. The van der Waals surface area contributed by atoms with E-state index in [1.54, 1.807) is 17.1 Å². The van der Waals surface area contributed by atoms with Crippen molar-refractivity contribution in [2.24, 2.45) is 0 Å². The fourth-order valence-corrected chi connectivity index (χ4v) is 3.53. The van der Waals surface area contributed by atoms with Crippen molar-refractivity contribution >= 4 is 11.5 Å². The summed E-state index contributed by atoms with van der Waals surface area (Å²) in [6.07, 6.45) is 9.09. The van der Waals surface area contributed by atoms with E-state index >= 15 is 0 Å². The van der Waals surface area contributed by atoms with E-state index < -0.39 is 0 Å². The number of fused-ring (bicyclic) bond motifs is 1. The van der Waals surface area contributed by atoms with E-state index in [4.69, 9.17) is 4.98 Å². The van der Waals surface area contributed by atoms with Crippen molar-refractivity contribution in [2.45, 2.75) is 25.7 Å². The van der Waals surface area contributed by atoms with Gasteiger partial charge in [0.05, 0.1) is 18.1 Å². The van der Waals surface area contributed by atoms with E-state index in [0.29, 0.717) is 5.92 Å². The summed E-state index contributed by atoms with van der Waals surface area (Å²) >= 11 is 0. The summed E-state index contributed by atoms with van der Waals surface area (Å²) in [5, 5.41) is 17.5. The van der Waals surface area contributed by atoms with Crippen LogP contribution in [0.3, 0.4) is 0 Å². The fraction of sp³-hybridized carbons (Fsp3) is 0.333. The highest BCUT2D eigenvalue weighted by Gasteiger charge is 2.26. The summed E-state index contributed by atoms with van der Waals surface area (Å²) < 4.78 is 3.60. The second-order valence-corrected chi connectivity index (χ2v) is 6.75. The lowest BCUT2D eigenvalue weighted by Gasteiger charge is -2.31. The molecule has 5 heterocycles. The van der Waals surface area contributed by atoms with Gasteiger partial charge in [-0.1, -0.05) is 0 Å². The van der Waals surface area contributed by atoms with Gasteiger partial charge in [0.2, 0.25) is 0 Å². The Morgan fingerprint density at radius 1 is 1.04 bits per heavy atom. The molecular weight excluding hydrogens is 342 g/mol. The second kappa shape index (κ2) is 6.42. The number of aryl methyl sites for hydroxylation is 1. The first-order valence-electron chi connectivity index (χ1n) is 9.04. The molecule has 1 saturated heterocycles. The van der Waals surface area contributed by atoms with Gasteiger partial charge in [0.1, 0.15) is 5.82 Å². The van der Waals surface area contributed by atoms with Crippen LogP contribution >= 0.6 is 0 Å². The van der Waals surface area contributed by atoms with Crippen molar-refractivity contribution in [1.82, 2.24) is 39.6 Å². The van der Waals surface area contributed by atoms with Crippen LogP contribution in [0.15, 0.2) is 43.0 Å². The molecule has 4 aromatic heterocycles. The molecule has 0 aliphatic carbocycles. The highest BCUT2D eigenvalue weighted by atomic mass is 15.4. The molecule has 0 atom stereocenters. The lowest BCUT2D eigenvalue weighted by Crippen LogP contribution is -2.34. The summed E-state index contributed by atoms with van der Waals surface area (Å²) in [4.78, 5) is 11.3. The van der Waals surface area contributed by atoms with E-state index in [2.05, 4.69) is 30.3 Å². The minimum Gasteiger partial charge on any atom is -0.355 e. The molecule has 0 bridgehead atoms. The minimum atomic E-state index is 0.341. The number of hydrogen-bond donors (Lipinski definition) is 0. The minimum absolute atomic E-state index is 0.341. The lowest BCUT2D eigenvalue weighted by atomic mass is 9.96. The molecule has 4 aromatic rings. The van der Waals surface area contributed by atoms with Crippen LogP contribution in [-0.4, -0.2) is 52.6 Å². The third kappa shape index (κ3) is 2.90. The first kappa shape index (κ1) is 15.9. The van der Waals surface area contributed by atoms with Crippen LogP contribution < -0.4 is 4.90 Å². The number of nitrogens with zero attached hydrogens (tertiary/aromatic N) is 9. The Labute approximate surface area is 155 Å². The number of anilines is 1. The first-order chi connectivity index (χ1) is 13.3. The SMILES string of the molecule is Cc1ccc2nnc(C3CCN(c4cncc(-n5cccn5)n4)CC3)n2n1. The van der Waals surface area contributed by atoms with Gasteiger partial charge >= 0.3 is 0 Å². The van der Waals surface area contributed by atoms with Crippen molar-refractivity contribution in [3.05, 3.63) is 54.5 Å². The molecule has 1 fully saturated rings. The zero-order valence-electron chi connectivity index (χ0n) is 15.0. The van der Waals surface area contributed by atoms with E-state index in [1.807, 2.05) is 42.0 Å². The monoisotopic (exact) mass is 361 g/mol. The lowest BCUT2D eigenvalue weighted by molar-refractivity contribution is 0.474. The molecule has 1 aliphatic heterocycles. The molecule has 9 heteroatoms. The van der Waals surface area contributed by atoms with E-state index in [1.165, 1.54) is 0 Å². The molecule has 0 spiro atoms. The number of aromatic nitrogens is 8. The van der Waals surface area contributed by atoms with Crippen LogP contribution in [0.2, 0.25) is 0 Å². The predicted molar refractivity (Wildman–Crippen MR) is 98.9 cm³/mol. The van der Waals surface area contributed by atoms with Gasteiger partial charge in [-0.15, -0.1) is 10.2 Å². The third-order valence-electron chi connectivity index (χ3n) is 4.95. The Morgan fingerprint density at radius 3 is 2.70 bits per heavy atom. The van der Waals surface area contributed by atoms with E-state index in [0.717, 1.165) is 54.7 Å². The molecule has 0 saturated carbocycles. The van der Waals surface area contributed by atoms with Crippen molar-refractivity contribution in [2.75, 3.05) is 18.0 Å². The highest BCUT2D eigenvalue weighted by Crippen LogP contribution is 2.28. The fourth-order valence-electron chi connectivity index (χ4n) is 3.53. The molecule has 0 N–H and O–H groups in total. The van der Waals surface area contributed by atoms with Gasteiger partial charge in [0, 0.05) is 31.4 Å². The van der Waals surface area contributed by atoms with Gasteiger partial charge in [-0.25, -0.2) is 9.67 Å². The molecule has 0 aromatic carbocycles. The highest BCUT2D eigenvalue weighted by molar-refractivity contribution is 5.41. The Bertz CT molecular complexity index is 1060. The molecule has 1 aliphatic rings. The number of rotatable bonds is 3. The summed E-state index contributed by atoms with van der Waals surface area (Å²) in [6.45, 7) is 3.77. The smallest absolute Gasteiger partial charge is 0.177 e. The maximum Gasteiger partial charge on any atom is 0.177 e. The molecule has 9 nitrogen and oxygen atoms in total. The zero-order valence-corrected chi connectivity index (χ0v) is 15.0. The summed E-state index contributed by atoms with van der Waals surface area (Å²) in [7, 11) is 0. The van der Waals surface area contributed by atoms with E-state index in [-0.39, 0.29) is 0 Å². The van der Waals surface area contributed by atoms with Gasteiger partial charge in [0.25, 0.3) is 0 Å². The molecule has 0 radical (unpaired) electrons. The largest absolute Gasteiger partial charge is 0.355 e. The normalized spacial score (nSPS) is 15.5. The summed E-state index contributed by atoms with van der Waals surface area (Å²) in [5.41, 5.74) is 1.77. The van der Waals surface area contributed by atoms with Crippen LogP contribution in [0.5, 0.6) is 0 Å². The maximum atomic E-state index is 4.71. The predicted octanol–water partition coefficient (Wildman–Crippen LogP) is 1.79. The Kier molecular flexibility index (Phi) is 3.77. The number of hydrogen-bond acceptors (Lipinski definition) is 7. The molecule has 136 valence electrons. The van der Waals surface area contributed by atoms with Gasteiger partial charge in [-0.2, -0.15) is 14.7 Å². The van der Waals surface area contributed by atoms with Gasteiger partial charge in [-0.05, 0) is 38.0 Å². The van der Waals surface area contributed by atoms with Crippen molar-refractivity contribution < 1.29 is 0 Å². The summed E-state index contributed by atoms with van der Waals surface area (Å²) in [5.74, 6) is 2.89. The Hall–Kier alpha value is -3.36. The molecule has 0 unspecified atom stereocenters. The van der Waals surface area contributed by atoms with Crippen LogP contribution in [-0.2, 0) is 0 Å². The van der Waals surface area contributed by atoms with Crippen molar-refractivity contribution in [1.29, 1.82) is 0 Å². The Morgan fingerprint density at radius 2 is 1.89 bits per heavy atom. The average Bonchev–Trinajstić information content (AvgIpc) is 3.38. The van der Waals surface area contributed by atoms with Crippen LogP contribution in [0.25, 0.3) is 11.5 Å². The third-order valence-corrected chi connectivity index (χ3v) is 4.95. The Balaban J connectivity index is 1.34. The van der Waals surface area contributed by atoms with Gasteiger partial charge in [-0.3, -0.25) is 4.98 Å². The zero-order chi connectivity index (χ0) is 18.2. The molecule has 27 heavy (non-hydrogen) atoms. The van der Waals surface area contributed by atoms with Gasteiger partial charge in [0.15, 0.2) is 17.3 Å². The van der Waals surface area contributed by atoms with Crippen molar-refractivity contribution in [3.8, 4) is 5.82 Å². The van der Waals surface area contributed by atoms with Crippen LogP contribution in [0.4, 0.5) is 5.82 Å². The van der Waals surface area contributed by atoms with Crippen LogP contribution in [0, 0.1) is 6.92 Å². The first-order valence-corrected chi connectivity index (χ1v) is 9.04. The quantitative estimate of drug-likeness (QED) is 0.549. The summed E-state index contributed by atoms with van der Waals surface area (Å²) in [6, 6.07) is 5.80. The van der Waals surface area contributed by atoms with Crippen molar-refractivity contribution in [3.63, 3.8) is 0 Å². The standard InChI is InChI=1S/C18H19N9/c1-13-3-4-15-22-23-18(27(15)24-13)14-5-9-25(10-6-14)16-11-19-12-17(21-16)26-8-2-7-20-26/h2-4,7-8,11-12,14H,5-6,9-10H2,1H3. The van der Waals surface area contributed by atoms with E-state index in [9.17, 15) is 0 Å². The average molecular weight is 361 g/mol. The van der Waals surface area contributed by atoms with Gasteiger partial charge < -0.3 is 4.90 Å². The van der Waals surface area contributed by atoms with Crippen LogP contribution in [0.1, 0.15) is 30.3 Å².